The summed E-state index contributed by atoms with van der Waals surface area (Å²) in [4.78, 5) is 3.27. The van der Waals surface area contributed by atoms with Crippen molar-refractivity contribution in [2.24, 2.45) is 0 Å². The Balaban J connectivity index is 1.94. The van der Waals surface area contributed by atoms with Crippen LogP contribution in [0, 0.1) is 0 Å². The number of likely N-dealkylation sites (tertiary alicyclic amines) is 1. The number of ether oxygens (including phenoxy) is 1. The van der Waals surface area contributed by atoms with Gasteiger partial charge in [0.05, 0.1) is 11.1 Å². The smallest absolute Gasteiger partial charge is 0.0812 e. The maximum absolute atomic E-state index is 5.61. The SMILES string of the molecule is CCOC1CC(=S)N(Cc2ccccc2)C1. The normalized spacial score (nSPS) is 20.4. The van der Waals surface area contributed by atoms with Gasteiger partial charge in [0, 0.05) is 26.1 Å². The molecule has 1 unspecified atom stereocenters. The van der Waals surface area contributed by atoms with E-state index in [1.165, 1.54) is 5.56 Å². The molecule has 1 fully saturated rings. The first kappa shape index (κ1) is 11.6. The van der Waals surface area contributed by atoms with Gasteiger partial charge in [-0.2, -0.15) is 0 Å². The molecule has 0 amide bonds. The number of hydrogen-bond acceptors (Lipinski definition) is 2. The van der Waals surface area contributed by atoms with E-state index in [1.807, 2.05) is 13.0 Å². The molecule has 0 N–H and O–H groups in total. The van der Waals surface area contributed by atoms with Crippen molar-refractivity contribution >= 4 is 17.2 Å². The highest BCUT2D eigenvalue weighted by molar-refractivity contribution is 7.80. The van der Waals surface area contributed by atoms with Crippen LogP contribution in [0.3, 0.4) is 0 Å². The van der Waals surface area contributed by atoms with Crippen LogP contribution in [0.1, 0.15) is 18.9 Å². The molecular formula is C13H17NOS. The molecule has 1 saturated heterocycles. The Morgan fingerprint density at radius 3 is 2.81 bits per heavy atom. The molecule has 2 nitrogen and oxygen atoms in total. The van der Waals surface area contributed by atoms with Gasteiger partial charge >= 0.3 is 0 Å². The van der Waals surface area contributed by atoms with Crippen LogP contribution in [0.4, 0.5) is 0 Å². The lowest BCUT2D eigenvalue weighted by molar-refractivity contribution is 0.0683. The van der Waals surface area contributed by atoms with E-state index >= 15 is 0 Å². The topological polar surface area (TPSA) is 12.5 Å². The molecule has 3 heteroatoms. The molecule has 0 spiro atoms. The quantitative estimate of drug-likeness (QED) is 0.744. The molecule has 1 aromatic rings. The number of benzene rings is 1. The second-order valence-electron chi connectivity index (χ2n) is 4.04. The van der Waals surface area contributed by atoms with Gasteiger partial charge in [0.25, 0.3) is 0 Å². The summed E-state index contributed by atoms with van der Waals surface area (Å²) in [5, 5.41) is 0. The molecule has 1 atom stereocenters. The summed E-state index contributed by atoms with van der Waals surface area (Å²) in [6.07, 6.45) is 1.19. The first-order valence-corrected chi connectivity index (χ1v) is 6.13. The summed E-state index contributed by atoms with van der Waals surface area (Å²) in [5.74, 6) is 0. The van der Waals surface area contributed by atoms with Gasteiger partial charge in [-0.1, -0.05) is 42.5 Å². The van der Waals surface area contributed by atoms with E-state index in [0.29, 0.717) is 6.10 Å². The van der Waals surface area contributed by atoms with Crippen LogP contribution in [0.25, 0.3) is 0 Å². The highest BCUT2D eigenvalue weighted by atomic mass is 32.1. The van der Waals surface area contributed by atoms with E-state index in [0.717, 1.165) is 31.1 Å². The Labute approximate surface area is 102 Å². The second-order valence-corrected chi connectivity index (χ2v) is 4.51. The van der Waals surface area contributed by atoms with Crippen molar-refractivity contribution in [3.8, 4) is 0 Å². The van der Waals surface area contributed by atoms with E-state index < -0.39 is 0 Å². The molecule has 1 heterocycles. The monoisotopic (exact) mass is 235 g/mol. The predicted molar refractivity (Wildman–Crippen MR) is 69.5 cm³/mol. The van der Waals surface area contributed by atoms with Crippen LogP contribution >= 0.6 is 12.2 Å². The maximum Gasteiger partial charge on any atom is 0.0812 e. The number of nitrogens with zero attached hydrogens (tertiary/aromatic N) is 1. The zero-order valence-corrected chi connectivity index (χ0v) is 10.4. The first-order valence-electron chi connectivity index (χ1n) is 5.73. The fraction of sp³-hybridized carbons (Fsp3) is 0.462. The lowest BCUT2D eigenvalue weighted by atomic mass is 10.2. The van der Waals surface area contributed by atoms with Gasteiger partial charge in [0.2, 0.25) is 0 Å². The van der Waals surface area contributed by atoms with Crippen molar-refractivity contribution in [1.29, 1.82) is 0 Å². The Hall–Kier alpha value is -0.930. The maximum atomic E-state index is 5.61. The molecule has 1 aliphatic heterocycles. The summed E-state index contributed by atoms with van der Waals surface area (Å²) in [6, 6.07) is 10.4. The second kappa shape index (κ2) is 5.41. The van der Waals surface area contributed by atoms with E-state index in [-0.39, 0.29) is 0 Å². The Morgan fingerprint density at radius 2 is 2.12 bits per heavy atom. The van der Waals surface area contributed by atoms with Crippen LogP contribution in [0.15, 0.2) is 30.3 Å². The fourth-order valence-electron chi connectivity index (χ4n) is 2.04. The molecule has 1 aromatic carbocycles. The van der Waals surface area contributed by atoms with Gasteiger partial charge in [0.1, 0.15) is 0 Å². The van der Waals surface area contributed by atoms with Gasteiger partial charge < -0.3 is 9.64 Å². The molecule has 1 aliphatic rings. The van der Waals surface area contributed by atoms with Gasteiger partial charge in [-0.25, -0.2) is 0 Å². The summed E-state index contributed by atoms with van der Waals surface area (Å²) < 4.78 is 5.61. The zero-order valence-electron chi connectivity index (χ0n) is 9.56. The van der Waals surface area contributed by atoms with Gasteiger partial charge in [-0.05, 0) is 12.5 Å². The third-order valence-corrected chi connectivity index (χ3v) is 3.22. The van der Waals surface area contributed by atoms with Crippen molar-refractivity contribution in [1.82, 2.24) is 4.90 Å². The molecule has 0 saturated carbocycles. The summed E-state index contributed by atoms with van der Waals surface area (Å²) >= 11 is 5.38. The molecule has 0 radical (unpaired) electrons. The molecule has 2 rings (SSSR count). The number of rotatable bonds is 4. The summed E-state index contributed by atoms with van der Waals surface area (Å²) in [5.41, 5.74) is 1.31. The molecule has 86 valence electrons. The van der Waals surface area contributed by atoms with E-state index in [1.54, 1.807) is 0 Å². The number of hydrogen-bond donors (Lipinski definition) is 0. The van der Waals surface area contributed by atoms with Crippen LogP contribution in [-0.4, -0.2) is 29.1 Å². The molecule has 16 heavy (non-hydrogen) atoms. The predicted octanol–water partition coefficient (Wildman–Crippen LogP) is 2.62. The van der Waals surface area contributed by atoms with Crippen molar-refractivity contribution in [2.45, 2.75) is 26.0 Å². The minimum Gasteiger partial charge on any atom is -0.376 e. The third kappa shape index (κ3) is 2.80. The van der Waals surface area contributed by atoms with E-state index in [9.17, 15) is 0 Å². The lowest BCUT2D eigenvalue weighted by Gasteiger charge is -2.18. The minimum absolute atomic E-state index is 0.293. The van der Waals surface area contributed by atoms with Crippen molar-refractivity contribution < 1.29 is 4.74 Å². The zero-order chi connectivity index (χ0) is 11.4. The van der Waals surface area contributed by atoms with Gasteiger partial charge in [-0.15, -0.1) is 0 Å². The van der Waals surface area contributed by atoms with Crippen molar-refractivity contribution in [2.75, 3.05) is 13.2 Å². The van der Waals surface area contributed by atoms with Gasteiger partial charge in [0.15, 0.2) is 0 Å². The van der Waals surface area contributed by atoms with E-state index in [2.05, 4.69) is 29.2 Å². The molecular weight excluding hydrogens is 218 g/mol. The van der Waals surface area contributed by atoms with Crippen LogP contribution in [0.5, 0.6) is 0 Å². The average Bonchev–Trinajstić information content (AvgIpc) is 2.61. The molecule has 0 aliphatic carbocycles. The van der Waals surface area contributed by atoms with Crippen LogP contribution in [0.2, 0.25) is 0 Å². The fourth-order valence-corrected chi connectivity index (χ4v) is 2.36. The van der Waals surface area contributed by atoms with Gasteiger partial charge in [-0.3, -0.25) is 0 Å². The Morgan fingerprint density at radius 1 is 1.38 bits per heavy atom. The molecule has 0 aromatic heterocycles. The number of thiocarbonyl (C=S) groups is 1. The highest BCUT2D eigenvalue weighted by Gasteiger charge is 2.26. The Bertz CT molecular complexity index is 352. The van der Waals surface area contributed by atoms with Crippen LogP contribution in [-0.2, 0) is 11.3 Å². The Kier molecular flexibility index (Phi) is 3.91. The largest absolute Gasteiger partial charge is 0.376 e. The van der Waals surface area contributed by atoms with E-state index in [4.69, 9.17) is 17.0 Å². The lowest BCUT2D eigenvalue weighted by Crippen LogP contribution is -2.25. The highest BCUT2D eigenvalue weighted by Crippen LogP contribution is 2.18. The third-order valence-electron chi connectivity index (χ3n) is 2.80. The first-order chi connectivity index (χ1) is 7.79. The average molecular weight is 235 g/mol. The minimum atomic E-state index is 0.293. The standard InChI is InChI=1S/C13H17NOS/c1-2-15-12-8-13(16)14(10-12)9-11-6-4-3-5-7-11/h3-7,12H,2,8-10H2,1H3. The summed E-state index contributed by atoms with van der Waals surface area (Å²) in [7, 11) is 0. The summed E-state index contributed by atoms with van der Waals surface area (Å²) in [6.45, 7) is 4.64. The van der Waals surface area contributed by atoms with Crippen molar-refractivity contribution in [3.63, 3.8) is 0 Å². The van der Waals surface area contributed by atoms with Crippen molar-refractivity contribution in [3.05, 3.63) is 35.9 Å². The molecule has 0 bridgehead atoms. The van der Waals surface area contributed by atoms with Crippen LogP contribution < -0.4 is 0 Å².